The Morgan fingerprint density at radius 3 is 2.55 bits per heavy atom. The summed E-state index contributed by atoms with van der Waals surface area (Å²) in [6.45, 7) is 1.74. The molecule has 0 spiro atoms. The minimum Gasteiger partial charge on any atom is -0.497 e. The standard InChI is InChI=1S/C22H21FN2O4/c1-28-18-5-6-19-16(14-29-20(19)13-18)12-21(26)24-7-9-25(10-8-24)22(27)15-3-2-4-17(23)11-15/h2-6,11,13-14H,7-10,12H2,1H3. The molecule has 2 amide bonds. The van der Waals surface area contributed by atoms with E-state index in [1.807, 2.05) is 12.1 Å². The van der Waals surface area contributed by atoms with E-state index in [4.69, 9.17) is 9.15 Å². The van der Waals surface area contributed by atoms with Gasteiger partial charge in [0, 0.05) is 48.8 Å². The maximum absolute atomic E-state index is 13.4. The number of fused-ring (bicyclic) bond motifs is 1. The number of ether oxygens (including phenoxy) is 1. The Balaban J connectivity index is 1.37. The van der Waals surface area contributed by atoms with Gasteiger partial charge in [-0.2, -0.15) is 0 Å². The maximum Gasteiger partial charge on any atom is 0.254 e. The van der Waals surface area contributed by atoms with Crippen LogP contribution in [0.5, 0.6) is 5.75 Å². The van der Waals surface area contributed by atoms with Crippen LogP contribution in [0.4, 0.5) is 4.39 Å². The molecule has 2 heterocycles. The zero-order chi connectivity index (χ0) is 20.4. The van der Waals surface area contributed by atoms with Crippen molar-refractivity contribution in [1.29, 1.82) is 0 Å². The summed E-state index contributed by atoms with van der Waals surface area (Å²) in [5, 5.41) is 0.888. The lowest BCUT2D eigenvalue weighted by atomic mass is 10.1. The monoisotopic (exact) mass is 396 g/mol. The Morgan fingerprint density at radius 2 is 1.83 bits per heavy atom. The van der Waals surface area contributed by atoms with Crippen molar-refractivity contribution in [3.8, 4) is 5.75 Å². The van der Waals surface area contributed by atoms with E-state index in [0.717, 1.165) is 10.9 Å². The van der Waals surface area contributed by atoms with Crippen molar-refractivity contribution < 1.29 is 23.1 Å². The predicted molar refractivity (Wildman–Crippen MR) is 105 cm³/mol. The van der Waals surface area contributed by atoms with E-state index in [2.05, 4.69) is 0 Å². The van der Waals surface area contributed by atoms with Gasteiger partial charge < -0.3 is 19.0 Å². The molecule has 150 valence electrons. The third-order valence-corrected chi connectivity index (χ3v) is 5.20. The highest BCUT2D eigenvalue weighted by molar-refractivity contribution is 5.94. The van der Waals surface area contributed by atoms with Gasteiger partial charge in [-0.3, -0.25) is 9.59 Å². The number of benzene rings is 2. The number of methoxy groups -OCH3 is 1. The van der Waals surface area contributed by atoms with E-state index in [1.54, 1.807) is 35.3 Å². The quantitative estimate of drug-likeness (QED) is 0.680. The Bertz CT molecular complexity index is 1050. The fraction of sp³-hybridized carbons (Fsp3) is 0.273. The molecule has 0 aliphatic carbocycles. The van der Waals surface area contributed by atoms with Crippen LogP contribution in [-0.4, -0.2) is 54.9 Å². The fourth-order valence-electron chi connectivity index (χ4n) is 3.57. The minimum atomic E-state index is -0.436. The number of carbonyl (C=O) groups excluding carboxylic acids is 2. The third kappa shape index (κ3) is 3.94. The van der Waals surface area contributed by atoms with Gasteiger partial charge in [-0.05, 0) is 30.3 Å². The molecule has 4 rings (SSSR count). The molecule has 0 bridgehead atoms. The van der Waals surface area contributed by atoms with Crippen LogP contribution in [0.25, 0.3) is 11.0 Å². The molecule has 1 aliphatic heterocycles. The Hall–Kier alpha value is -3.35. The molecular weight excluding hydrogens is 375 g/mol. The van der Waals surface area contributed by atoms with Gasteiger partial charge in [0.1, 0.15) is 17.1 Å². The SMILES string of the molecule is COc1ccc2c(CC(=O)N3CCN(C(=O)c4cccc(F)c4)CC3)coc2c1. The summed E-state index contributed by atoms with van der Waals surface area (Å²) in [5.41, 5.74) is 1.83. The summed E-state index contributed by atoms with van der Waals surface area (Å²) >= 11 is 0. The van der Waals surface area contributed by atoms with Gasteiger partial charge in [-0.15, -0.1) is 0 Å². The lowest BCUT2D eigenvalue weighted by Crippen LogP contribution is -2.51. The second-order valence-electron chi connectivity index (χ2n) is 6.98. The number of rotatable bonds is 4. The highest BCUT2D eigenvalue weighted by atomic mass is 19.1. The molecule has 6 nitrogen and oxygen atoms in total. The number of hydrogen-bond acceptors (Lipinski definition) is 4. The van der Waals surface area contributed by atoms with E-state index < -0.39 is 5.82 Å². The molecule has 0 unspecified atom stereocenters. The molecule has 1 saturated heterocycles. The number of nitrogens with zero attached hydrogens (tertiary/aromatic N) is 2. The Labute approximate surface area is 167 Å². The predicted octanol–water partition coefficient (Wildman–Crippen LogP) is 3.11. The first-order valence-corrected chi connectivity index (χ1v) is 9.42. The first-order valence-electron chi connectivity index (χ1n) is 9.42. The molecule has 1 fully saturated rings. The van der Waals surface area contributed by atoms with Gasteiger partial charge >= 0.3 is 0 Å². The summed E-state index contributed by atoms with van der Waals surface area (Å²) in [6, 6.07) is 11.2. The average Bonchev–Trinajstić information content (AvgIpc) is 3.15. The van der Waals surface area contributed by atoms with Crippen molar-refractivity contribution in [2.45, 2.75) is 6.42 Å². The van der Waals surface area contributed by atoms with Crippen LogP contribution in [0.1, 0.15) is 15.9 Å². The first kappa shape index (κ1) is 19.0. The van der Waals surface area contributed by atoms with E-state index in [0.29, 0.717) is 43.1 Å². The number of halogens is 1. The molecule has 29 heavy (non-hydrogen) atoms. The largest absolute Gasteiger partial charge is 0.497 e. The van der Waals surface area contributed by atoms with Crippen molar-refractivity contribution in [2.24, 2.45) is 0 Å². The van der Waals surface area contributed by atoms with Crippen LogP contribution in [0.3, 0.4) is 0 Å². The number of amides is 2. The van der Waals surface area contributed by atoms with Crippen LogP contribution in [0.2, 0.25) is 0 Å². The van der Waals surface area contributed by atoms with Gasteiger partial charge in [0.25, 0.3) is 5.91 Å². The molecule has 7 heteroatoms. The van der Waals surface area contributed by atoms with Crippen LogP contribution >= 0.6 is 0 Å². The van der Waals surface area contributed by atoms with E-state index in [9.17, 15) is 14.0 Å². The molecular formula is C22H21FN2O4. The van der Waals surface area contributed by atoms with Gasteiger partial charge in [0.2, 0.25) is 5.91 Å². The van der Waals surface area contributed by atoms with E-state index in [1.165, 1.54) is 18.2 Å². The molecule has 0 N–H and O–H groups in total. The summed E-state index contributed by atoms with van der Waals surface area (Å²) < 4.78 is 24.1. The number of hydrogen-bond donors (Lipinski definition) is 0. The summed E-state index contributed by atoms with van der Waals surface area (Å²) in [6.07, 6.45) is 1.84. The molecule has 2 aromatic carbocycles. The highest BCUT2D eigenvalue weighted by Gasteiger charge is 2.25. The van der Waals surface area contributed by atoms with Gasteiger partial charge in [-0.25, -0.2) is 4.39 Å². The van der Waals surface area contributed by atoms with Gasteiger partial charge in [-0.1, -0.05) is 6.07 Å². The number of piperazine rings is 1. The zero-order valence-corrected chi connectivity index (χ0v) is 16.1. The Morgan fingerprint density at radius 1 is 1.07 bits per heavy atom. The molecule has 1 aliphatic rings. The van der Waals surface area contributed by atoms with Gasteiger partial charge in [0.05, 0.1) is 19.8 Å². The molecule has 3 aromatic rings. The molecule has 0 radical (unpaired) electrons. The van der Waals surface area contributed by atoms with Crippen molar-refractivity contribution in [3.63, 3.8) is 0 Å². The summed E-state index contributed by atoms with van der Waals surface area (Å²) in [7, 11) is 1.59. The first-order chi connectivity index (χ1) is 14.0. The number of furan rings is 1. The van der Waals surface area contributed by atoms with Crippen molar-refractivity contribution in [2.75, 3.05) is 33.3 Å². The number of carbonyl (C=O) groups is 2. The smallest absolute Gasteiger partial charge is 0.254 e. The fourth-order valence-corrected chi connectivity index (χ4v) is 3.57. The average molecular weight is 396 g/mol. The van der Waals surface area contributed by atoms with Crippen molar-refractivity contribution >= 4 is 22.8 Å². The zero-order valence-electron chi connectivity index (χ0n) is 16.1. The second-order valence-corrected chi connectivity index (χ2v) is 6.98. The van der Waals surface area contributed by atoms with Crippen molar-refractivity contribution in [1.82, 2.24) is 9.80 Å². The van der Waals surface area contributed by atoms with Crippen LogP contribution in [-0.2, 0) is 11.2 Å². The summed E-state index contributed by atoms with van der Waals surface area (Å²) in [5.74, 6) is 0.0335. The Kier molecular flexibility index (Phi) is 5.20. The molecule has 0 saturated carbocycles. The van der Waals surface area contributed by atoms with Crippen LogP contribution in [0, 0.1) is 5.82 Å². The topological polar surface area (TPSA) is 63.0 Å². The van der Waals surface area contributed by atoms with E-state index >= 15 is 0 Å². The maximum atomic E-state index is 13.4. The normalized spacial score (nSPS) is 14.3. The van der Waals surface area contributed by atoms with Crippen LogP contribution < -0.4 is 4.74 Å². The van der Waals surface area contributed by atoms with E-state index in [-0.39, 0.29) is 18.2 Å². The lowest BCUT2D eigenvalue weighted by Gasteiger charge is -2.34. The molecule has 0 atom stereocenters. The highest BCUT2D eigenvalue weighted by Crippen LogP contribution is 2.26. The van der Waals surface area contributed by atoms with Crippen LogP contribution in [0.15, 0.2) is 53.1 Å². The van der Waals surface area contributed by atoms with Gasteiger partial charge in [0.15, 0.2) is 0 Å². The van der Waals surface area contributed by atoms with Crippen molar-refractivity contribution in [3.05, 3.63) is 65.7 Å². The summed E-state index contributed by atoms with van der Waals surface area (Å²) in [4.78, 5) is 28.6. The second kappa shape index (κ2) is 7.95. The third-order valence-electron chi connectivity index (χ3n) is 5.20. The minimum absolute atomic E-state index is 0.0126. The molecule has 1 aromatic heterocycles. The lowest BCUT2D eigenvalue weighted by molar-refractivity contribution is -0.131.